The van der Waals surface area contributed by atoms with E-state index in [1.807, 2.05) is 35.3 Å². The lowest BCUT2D eigenvalue weighted by molar-refractivity contribution is 0.260. The number of hydrogen-bond acceptors (Lipinski definition) is 4. The van der Waals surface area contributed by atoms with E-state index in [-0.39, 0.29) is 19.2 Å². The van der Waals surface area contributed by atoms with Gasteiger partial charge in [0.2, 0.25) is 0 Å². The highest BCUT2D eigenvalue weighted by Crippen LogP contribution is 2.05. The normalized spacial score (nSPS) is 9.84. The quantitative estimate of drug-likeness (QED) is 0.791. The monoisotopic (exact) mass is 257 g/mol. The van der Waals surface area contributed by atoms with E-state index >= 15 is 0 Å². The minimum absolute atomic E-state index is 0.0211. The van der Waals surface area contributed by atoms with E-state index in [4.69, 9.17) is 11.2 Å². The molecule has 1 N–H and O–H groups in total. The van der Waals surface area contributed by atoms with Crippen LogP contribution in [0.4, 0.5) is 0 Å². The molecule has 6 heteroatoms. The molecule has 0 unspecified atom stereocenters. The van der Waals surface area contributed by atoms with Crippen LogP contribution in [0, 0.1) is 12.3 Å². The second kappa shape index (κ2) is 5.69. The predicted octanol–water partition coefficient (Wildman–Crippen LogP) is 0.144. The van der Waals surface area contributed by atoms with Gasteiger partial charge in [-0.1, -0.05) is 36.3 Å². The zero-order valence-electron chi connectivity index (χ0n) is 10.00. The summed E-state index contributed by atoms with van der Waals surface area (Å²) >= 11 is 0. The zero-order valence-corrected chi connectivity index (χ0v) is 10.00. The van der Waals surface area contributed by atoms with Gasteiger partial charge in [0, 0.05) is 0 Å². The van der Waals surface area contributed by atoms with Crippen LogP contribution in [-0.4, -0.2) is 14.5 Å². The van der Waals surface area contributed by atoms with E-state index < -0.39 is 11.4 Å². The Balaban J connectivity index is 2.27. The Hall–Kier alpha value is -2.81. The van der Waals surface area contributed by atoms with E-state index in [9.17, 15) is 9.59 Å². The lowest BCUT2D eigenvalue weighted by Crippen LogP contribution is -2.33. The van der Waals surface area contributed by atoms with Crippen molar-refractivity contribution in [1.82, 2.24) is 14.5 Å². The third-order valence-electron chi connectivity index (χ3n) is 2.35. The van der Waals surface area contributed by atoms with Crippen molar-refractivity contribution >= 4 is 0 Å². The van der Waals surface area contributed by atoms with Crippen LogP contribution in [0.1, 0.15) is 5.56 Å². The summed E-state index contributed by atoms with van der Waals surface area (Å²) < 4.78 is 6.46. The molecule has 0 aliphatic carbocycles. The molecule has 0 spiro atoms. The van der Waals surface area contributed by atoms with Gasteiger partial charge in [0.05, 0.1) is 6.54 Å². The Morgan fingerprint density at radius 1 is 1.32 bits per heavy atom. The summed E-state index contributed by atoms with van der Waals surface area (Å²) in [7, 11) is 0. The van der Waals surface area contributed by atoms with Gasteiger partial charge in [0.1, 0.15) is 6.61 Å². The van der Waals surface area contributed by atoms with E-state index in [0.717, 1.165) is 10.1 Å². The average molecular weight is 257 g/mol. The van der Waals surface area contributed by atoms with Crippen LogP contribution < -0.4 is 16.1 Å². The molecule has 0 saturated carbocycles. The van der Waals surface area contributed by atoms with Gasteiger partial charge in [-0.25, -0.2) is 14.2 Å². The van der Waals surface area contributed by atoms with Crippen LogP contribution in [0.25, 0.3) is 0 Å². The van der Waals surface area contributed by atoms with E-state index in [0.29, 0.717) is 0 Å². The highest BCUT2D eigenvalue weighted by Gasteiger charge is 2.08. The van der Waals surface area contributed by atoms with Gasteiger partial charge in [0.15, 0.2) is 0 Å². The van der Waals surface area contributed by atoms with Gasteiger partial charge in [-0.3, -0.25) is 4.98 Å². The molecule has 1 heterocycles. The average Bonchev–Trinajstić information content (AvgIpc) is 2.41. The van der Waals surface area contributed by atoms with E-state index in [1.165, 1.54) is 0 Å². The molecule has 0 saturated heterocycles. The fourth-order valence-electron chi connectivity index (χ4n) is 1.48. The Kier molecular flexibility index (Phi) is 3.78. The first-order chi connectivity index (χ1) is 9.20. The molecule has 0 radical (unpaired) electrons. The molecule has 2 aromatic rings. The Labute approximate surface area is 108 Å². The number of H-pyrrole nitrogens is 1. The number of nitrogens with zero attached hydrogens (tertiary/aromatic N) is 2. The van der Waals surface area contributed by atoms with Crippen molar-refractivity contribution in [2.24, 2.45) is 0 Å². The second-order valence-electron chi connectivity index (χ2n) is 3.69. The van der Waals surface area contributed by atoms with Gasteiger partial charge < -0.3 is 4.74 Å². The molecule has 19 heavy (non-hydrogen) atoms. The lowest BCUT2D eigenvalue weighted by atomic mass is 10.2. The third-order valence-corrected chi connectivity index (χ3v) is 2.35. The summed E-state index contributed by atoms with van der Waals surface area (Å²) in [5, 5.41) is 0. The van der Waals surface area contributed by atoms with E-state index in [1.54, 1.807) is 0 Å². The maximum absolute atomic E-state index is 11.6. The number of benzene rings is 1. The van der Waals surface area contributed by atoms with Crippen molar-refractivity contribution < 1.29 is 4.74 Å². The molecular weight excluding hydrogens is 246 g/mol. The molecule has 1 aromatic carbocycles. The summed E-state index contributed by atoms with van der Waals surface area (Å²) in [6.07, 6.45) is 5.16. The number of ether oxygens (including phenoxy) is 1. The van der Waals surface area contributed by atoms with Crippen molar-refractivity contribution in [2.45, 2.75) is 13.2 Å². The van der Waals surface area contributed by atoms with Crippen LogP contribution in [0.5, 0.6) is 6.01 Å². The van der Waals surface area contributed by atoms with Crippen LogP contribution in [-0.2, 0) is 13.2 Å². The van der Waals surface area contributed by atoms with Gasteiger partial charge in [-0.15, -0.1) is 11.4 Å². The number of rotatable bonds is 4. The molecule has 1 aromatic heterocycles. The lowest BCUT2D eigenvalue weighted by Gasteiger charge is -2.09. The molecule has 0 amide bonds. The molecule has 0 bridgehead atoms. The van der Waals surface area contributed by atoms with Crippen molar-refractivity contribution in [1.29, 1.82) is 0 Å². The van der Waals surface area contributed by atoms with Gasteiger partial charge in [-0.2, -0.15) is 0 Å². The second-order valence-corrected chi connectivity index (χ2v) is 3.69. The molecule has 0 aliphatic heterocycles. The van der Waals surface area contributed by atoms with Crippen molar-refractivity contribution in [3.05, 3.63) is 56.9 Å². The summed E-state index contributed by atoms with van der Waals surface area (Å²) in [6, 6.07) is 9.23. The fraction of sp³-hybridized carbons (Fsp3) is 0.154. The molecule has 0 atom stereocenters. The van der Waals surface area contributed by atoms with Gasteiger partial charge >= 0.3 is 17.4 Å². The van der Waals surface area contributed by atoms with Gasteiger partial charge in [-0.05, 0) is 5.56 Å². The molecule has 0 aliphatic rings. The van der Waals surface area contributed by atoms with Crippen LogP contribution in [0.15, 0.2) is 39.9 Å². The van der Waals surface area contributed by atoms with Crippen molar-refractivity contribution in [3.63, 3.8) is 0 Å². The molecule has 96 valence electrons. The smallest absolute Gasteiger partial charge is 0.353 e. The summed E-state index contributed by atoms with van der Waals surface area (Å²) in [6.45, 7) is 0.175. The summed E-state index contributed by atoms with van der Waals surface area (Å²) in [5.74, 6) is 2.30. The number of nitrogens with one attached hydrogen (secondary N) is 1. The molecular formula is C13H11N3O3. The molecule has 2 rings (SSSR count). The van der Waals surface area contributed by atoms with Crippen LogP contribution >= 0.6 is 0 Å². The topological polar surface area (TPSA) is 77.0 Å². The first-order valence-electron chi connectivity index (χ1n) is 5.52. The summed E-state index contributed by atoms with van der Waals surface area (Å²) in [4.78, 5) is 28.4. The fourth-order valence-corrected chi connectivity index (χ4v) is 1.48. The standard InChI is InChI=1S/C13H11N3O3/c1-2-8-16-12(18)14-11(17)15-13(16)19-9-10-6-4-3-5-7-10/h1,3-7H,8-9H2,(H,14,17,18). The largest absolute Gasteiger partial charge is 0.460 e. The first-order valence-corrected chi connectivity index (χ1v) is 5.52. The van der Waals surface area contributed by atoms with E-state index in [2.05, 4.69) is 10.9 Å². The first kappa shape index (κ1) is 12.6. The Morgan fingerprint density at radius 2 is 2.05 bits per heavy atom. The number of aromatic nitrogens is 3. The van der Waals surface area contributed by atoms with Crippen molar-refractivity contribution in [3.8, 4) is 18.4 Å². The third kappa shape index (κ3) is 3.10. The number of aromatic amines is 1. The number of terminal acetylenes is 1. The molecule has 0 fully saturated rings. The minimum atomic E-state index is -0.763. The Bertz CT molecular complexity index is 710. The highest BCUT2D eigenvalue weighted by atomic mass is 16.5. The Morgan fingerprint density at radius 3 is 2.74 bits per heavy atom. The maximum Gasteiger partial charge on any atom is 0.353 e. The number of hydrogen-bond donors (Lipinski definition) is 1. The van der Waals surface area contributed by atoms with Gasteiger partial charge in [0.25, 0.3) is 0 Å². The van der Waals surface area contributed by atoms with Crippen LogP contribution in [0.2, 0.25) is 0 Å². The predicted molar refractivity (Wildman–Crippen MR) is 68.7 cm³/mol. The SMILES string of the molecule is C#CCn1c(OCc2ccccc2)nc(=O)[nH]c1=O. The van der Waals surface area contributed by atoms with Crippen molar-refractivity contribution in [2.75, 3.05) is 0 Å². The molecule has 6 nitrogen and oxygen atoms in total. The zero-order chi connectivity index (χ0) is 13.7. The maximum atomic E-state index is 11.6. The minimum Gasteiger partial charge on any atom is -0.460 e. The summed E-state index contributed by atoms with van der Waals surface area (Å²) in [5.41, 5.74) is -0.508. The highest BCUT2D eigenvalue weighted by molar-refractivity contribution is 5.14. The van der Waals surface area contributed by atoms with Crippen LogP contribution in [0.3, 0.4) is 0 Å².